The van der Waals surface area contributed by atoms with Gasteiger partial charge >= 0.3 is 5.97 Å². The lowest BCUT2D eigenvalue weighted by atomic mass is 9.81. The fraction of sp³-hybridized carbons (Fsp3) is 0.382. The minimum Gasteiger partial charge on any atom is -0.478 e. The van der Waals surface area contributed by atoms with Gasteiger partial charge in [-0.2, -0.15) is 0 Å². The molecule has 2 aliphatic rings. The number of morpholine rings is 1. The van der Waals surface area contributed by atoms with Crippen molar-refractivity contribution in [2.75, 3.05) is 32.8 Å². The summed E-state index contributed by atoms with van der Waals surface area (Å²) in [5.74, 6) is -0.380. The maximum absolute atomic E-state index is 12.0. The van der Waals surface area contributed by atoms with Gasteiger partial charge in [0.2, 0.25) is 0 Å². The predicted octanol–water partition coefficient (Wildman–Crippen LogP) is 7.36. The van der Waals surface area contributed by atoms with Gasteiger partial charge in [-0.15, -0.1) is 0 Å². The van der Waals surface area contributed by atoms with E-state index in [0.717, 1.165) is 44.9 Å². The van der Waals surface area contributed by atoms with Crippen LogP contribution in [0.3, 0.4) is 0 Å². The summed E-state index contributed by atoms with van der Waals surface area (Å²) < 4.78 is 8.00. The van der Waals surface area contributed by atoms with E-state index in [1.165, 1.54) is 71.0 Å². The molecular weight excluding hydrogens is 484 g/mol. The average Bonchev–Trinajstić information content (AvgIpc) is 3.30. The van der Waals surface area contributed by atoms with Gasteiger partial charge < -0.3 is 14.4 Å². The van der Waals surface area contributed by atoms with Crippen LogP contribution in [0.25, 0.3) is 33.3 Å². The van der Waals surface area contributed by atoms with Gasteiger partial charge in [0.05, 0.1) is 24.5 Å². The van der Waals surface area contributed by atoms with E-state index in [9.17, 15) is 9.90 Å². The Hall–Kier alpha value is -3.41. The van der Waals surface area contributed by atoms with Crippen LogP contribution in [0, 0.1) is 6.92 Å². The molecule has 3 aromatic carbocycles. The van der Waals surface area contributed by atoms with Crippen molar-refractivity contribution in [1.82, 2.24) is 9.47 Å². The van der Waals surface area contributed by atoms with Crippen LogP contribution in [0.5, 0.6) is 0 Å². The van der Waals surface area contributed by atoms with Crippen molar-refractivity contribution in [3.8, 4) is 22.4 Å². The molecular formula is C34H38N2O3. The highest BCUT2D eigenvalue weighted by Gasteiger charge is 2.27. The number of ether oxygens (including phenoxy) is 1. The van der Waals surface area contributed by atoms with Gasteiger partial charge in [0.25, 0.3) is 0 Å². The quantitative estimate of drug-likeness (QED) is 0.275. The number of hydrogen-bond donors (Lipinski definition) is 1. The molecule has 0 radical (unpaired) electrons. The van der Waals surface area contributed by atoms with Crippen LogP contribution in [-0.2, 0) is 11.3 Å². The summed E-state index contributed by atoms with van der Waals surface area (Å²) in [5, 5.41) is 11.1. The van der Waals surface area contributed by atoms with Crippen molar-refractivity contribution in [2.24, 2.45) is 0 Å². The van der Waals surface area contributed by atoms with Gasteiger partial charge in [-0.05, 0) is 60.1 Å². The fourth-order valence-electron chi connectivity index (χ4n) is 6.57. The number of aryl methyl sites for hydroxylation is 1. The van der Waals surface area contributed by atoms with E-state index in [1.807, 2.05) is 6.07 Å². The monoisotopic (exact) mass is 522 g/mol. The molecule has 1 saturated carbocycles. The van der Waals surface area contributed by atoms with Gasteiger partial charge in [-0.3, -0.25) is 4.90 Å². The Morgan fingerprint density at radius 1 is 0.872 bits per heavy atom. The number of fused-ring (bicyclic) bond motifs is 1. The molecule has 6 rings (SSSR count). The molecule has 39 heavy (non-hydrogen) atoms. The zero-order valence-electron chi connectivity index (χ0n) is 22.9. The highest BCUT2D eigenvalue weighted by Crippen LogP contribution is 2.44. The standard InChI is InChI=1S/C34H38N2O3/c1-24-6-5-9-28(22-24)25-10-12-27(13-11-25)33-32(26-7-3-2-4-8-26)30-15-14-29(34(37)38)23-31(30)36(33)17-16-35-18-20-39-21-19-35/h5-6,9-15,22-23,26H,2-4,7-8,16-21H2,1H3,(H,37,38). The molecule has 5 nitrogen and oxygen atoms in total. The van der Waals surface area contributed by atoms with Crippen LogP contribution in [0.1, 0.15) is 59.5 Å². The Bertz CT molecular complexity index is 1460. The Kier molecular flexibility index (Phi) is 7.53. The molecule has 1 aliphatic heterocycles. The Morgan fingerprint density at radius 2 is 1.62 bits per heavy atom. The van der Waals surface area contributed by atoms with Crippen molar-refractivity contribution < 1.29 is 14.6 Å². The maximum Gasteiger partial charge on any atom is 0.335 e. The number of benzene rings is 3. The predicted molar refractivity (Wildman–Crippen MR) is 158 cm³/mol. The Morgan fingerprint density at radius 3 is 2.33 bits per heavy atom. The molecule has 202 valence electrons. The number of carboxylic acid groups (broad SMARTS) is 1. The molecule has 0 unspecified atom stereocenters. The first-order chi connectivity index (χ1) is 19.1. The summed E-state index contributed by atoms with van der Waals surface area (Å²) in [6.45, 7) is 7.30. The molecule has 0 atom stereocenters. The van der Waals surface area contributed by atoms with Gasteiger partial charge in [-0.25, -0.2) is 4.79 Å². The Balaban J connectivity index is 1.49. The van der Waals surface area contributed by atoms with Gasteiger partial charge in [0.1, 0.15) is 0 Å². The van der Waals surface area contributed by atoms with Crippen LogP contribution in [0.2, 0.25) is 0 Å². The minimum absolute atomic E-state index is 0.351. The molecule has 2 fully saturated rings. The molecule has 1 N–H and O–H groups in total. The second kappa shape index (κ2) is 11.4. The average molecular weight is 523 g/mol. The van der Waals surface area contributed by atoms with Gasteiger partial charge in [-0.1, -0.05) is 79.4 Å². The SMILES string of the molecule is Cc1cccc(-c2ccc(-c3c(C4CCCCC4)c4ccc(C(=O)O)cc4n3CCN3CCOCC3)cc2)c1. The number of carbonyl (C=O) groups is 1. The minimum atomic E-state index is -0.874. The molecule has 1 aliphatic carbocycles. The van der Waals surface area contributed by atoms with Gasteiger partial charge in [0.15, 0.2) is 0 Å². The van der Waals surface area contributed by atoms with E-state index in [0.29, 0.717) is 11.5 Å². The normalized spacial score (nSPS) is 17.1. The van der Waals surface area contributed by atoms with E-state index < -0.39 is 5.97 Å². The van der Waals surface area contributed by atoms with Gasteiger partial charge in [0, 0.05) is 37.1 Å². The molecule has 2 heterocycles. The Labute approximate surface area is 231 Å². The van der Waals surface area contributed by atoms with E-state index in [4.69, 9.17) is 4.74 Å². The highest BCUT2D eigenvalue weighted by molar-refractivity contribution is 5.98. The van der Waals surface area contributed by atoms with E-state index in [2.05, 4.69) is 71.0 Å². The lowest BCUT2D eigenvalue weighted by Crippen LogP contribution is -2.38. The lowest BCUT2D eigenvalue weighted by molar-refractivity contribution is 0.0366. The third-order valence-electron chi connectivity index (χ3n) is 8.62. The summed E-state index contributed by atoms with van der Waals surface area (Å²) in [6, 6.07) is 23.4. The second-order valence-electron chi connectivity index (χ2n) is 11.2. The second-order valence-corrected chi connectivity index (χ2v) is 11.2. The fourth-order valence-corrected chi connectivity index (χ4v) is 6.57. The number of hydrogen-bond acceptors (Lipinski definition) is 3. The van der Waals surface area contributed by atoms with Crippen LogP contribution in [0.4, 0.5) is 0 Å². The van der Waals surface area contributed by atoms with E-state index >= 15 is 0 Å². The molecule has 0 spiro atoms. The number of aromatic carboxylic acids is 1. The van der Waals surface area contributed by atoms with E-state index in [1.54, 1.807) is 6.07 Å². The van der Waals surface area contributed by atoms with Crippen LogP contribution in [0.15, 0.2) is 66.7 Å². The summed E-state index contributed by atoms with van der Waals surface area (Å²) in [5.41, 5.74) is 8.98. The summed E-state index contributed by atoms with van der Waals surface area (Å²) >= 11 is 0. The van der Waals surface area contributed by atoms with Crippen LogP contribution in [-0.4, -0.2) is 53.4 Å². The van der Waals surface area contributed by atoms with Crippen molar-refractivity contribution >= 4 is 16.9 Å². The first-order valence-electron chi connectivity index (χ1n) is 14.5. The topological polar surface area (TPSA) is 54.7 Å². The molecule has 4 aromatic rings. The highest BCUT2D eigenvalue weighted by atomic mass is 16.5. The van der Waals surface area contributed by atoms with Crippen molar-refractivity contribution in [2.45, 2.75) is 51.5 Å². The zero-order chi connectivity index (χ0) is 26.8. The third-order valence-corrected chi connectivity index (χ3v) is 8.62. The molecule has 1 aromatic heterocycles. The van der Waals surface area contributed by atoms with Crippen molar-refractivity contribution in [3.63, 3.8) is 0 Å². The number of carboxylic acids is 1. The maximum atomic E-state index is 12.0. The summed E-state index contributed by atoms with van der Waals surface area (Å²) in [6.07, 6.45) is 6.19. The lowest BCUT2D eigenvalue weighted by Gasteiger charge is -2.27. The van der Waals surface area contributed by atoms with Crippen LogP contribution < -0.4 is 0 Å². The molecule has 5 heteroatoms. The van der Waals surface area contributed by atoms with Crippen molar-refractivity contribution in [3.05, 3.63) is 83.4 Å². The first kappa shape index (κ1) is 25.8. The van der Waals surface area contributed by atoms with Crippen LogP contribution >= 0.6 is 0 Å². The summed E-state index contributed by atoms with van der Waals surface area (Å²) in [4.78, 5) is 14.4. The molecule has 0 bridgehead atoms. The summed E-state index contributed by atoms with van der Waals surface area (Å²) in [7, 11) is 0. The largest absolute Gasteiger partial charge is 0.478 e. The van der Waals surface area contributed by atoms with E-state index in [-0.39, 0.29) is 0 Å². The smallest absolute Gasteiger partial charge is 0.335 e. The number of rotatable bonds is 7. The number of aromatic nitrogens is 1. The zero-order valence-corrected chi connectivity index (χ0v) is 22.9. The first-order valence-corrected chi connectivity index (χ1v) is 14.5. The third kappa shape index (κ3) is 5.39. The molecule has 1 saturated heterocycles. The number of nitrogens with zero attached hydrogens (tertiary/aromatic N) is 2. The van der Waals surface area contributed by atoms with Crippen molar-refractivity contribution in [1.29, 1.82) is 0 Å². The molecule has 0 amide bonds.